The maximum Gasteiger partial charge on any atom is 0.228 e. The van der Waals surface area contributed by atoms with Gasteiger partial charge in [0, 0.05) is 18.8 Å². The van der Waals surface area contributed by atoms with E-state index in [0.29, 0.717) is 12.3 Å². The molecule has 1 amide bonds. The third-order valence-corrected chi connectivity index (χ3v) is 4.01. The summed E-state index contributed by atoms with van der Waals surface area (Å²) in [5, 5.41) is 4.29. The molecule has 2 rings (SSSR count). The summed E-state index contributed by atoms with van der Waals surface area (Å²) in [6.45, 7) is 5.91. The van der Waals surface area contributed by atoms with Gasteiger partial charge in [-0.25, -0.2) is 0 Å². The molecule has 1 aromatic carbocycles. The number of hydrogen-bond acceptors (Lipinski definition) is 3. The summed E-state index contributed by atoms with van der Waals surface area (Å²) in [6.07, 6.45) is 3.94. The number of nitrogens with one attached hydrogen (secondary N) is 1. The average molecular weight is 287 g/mol. The van der Waals surface area contributed by atoms with Crippen molar-refractivity contribution < 1.29 is 4.79 Å². The lowest BCUT2D eigenvalue weighted by atomic mass is 9.95. The van der Waals surface area contributed by atoms with E-state index in [0.717, 1.165) is 37.3 Å². The number of anilines is 1. The van der Waals surface area contributed by atoms with E-state index in [4.69, 9.17) is 0 Å². The van der Waals surface area contributed by atoms with Crippen molar-refractivity contribution in [2.75, 3.05) is 18.5 Å². The van der Waals surface area contributed by atoms with E-state index in [-0.39, 0.29) is 5.91 Å². The number of hydrogen-bond donors (Lipinski definition) is 1. The van der Waals surface area contributed by atoms with E-state index >= 15 is 0 Å². The number of amides is 1. The zero-order valence-corrected chi connectivity index (χ0v) is 13.0. The summed E-state index contributed by atoms with van der Waals surface area (Å²) in [4.78, 5) is 14.3. The second kappa shape index (κ2) is 7.81. The number of piperidine rings is 1. The highest BCUT2D eigenvalue weighted by Gasteiger charge is 2.22. The summed E-state index contributed by atoms with van der Waals surface area (Å²) >= 11 is 0. The van der Waals surface area contributed by atoms with Crippen molar-refractivity contribution in [3.63, 3.8) is 0 Å². The molecule has 1 atom stereocenters. The number of benzene rings is 1. The highest BCUT2D eigenvalue weighted by atomic mass is 16.2. The molecule has 114 valence electrons. The second-order valence-corrected chi connectivity index (χ2v) is 5.76. The number of likely N-dealkylation sites (tertiary alicyclic amines) is 1. The number of nitrogens with zero attached hydrogens (tertiary/aromatic N) is 2. The van der Waals surface area contributed by atoms with Crippen molar-refractivity contribution in [3.8, 4) is 0 Å². The van der Waals surface area contributed by atoms with Crippen molar-refractivity contribution in [2.45, 2.75) is 39.5 Å². The van der Waals surface area contributed by atoms with Crippen LogP contribution in [0.25, 0.3) is 0 Å². The molecule has 0 saturated carbocycles. The van der Waals surface area contributed by atoms with Crippen LogP contribution < -0.4 is 5.43 Å². The number of hydrazone groups is 1. The predicted octanol–water partition coefficient (Wildman–Crippen LogP) is 3.51. The highest BCUT2D eigenvalue weighted by molar-refractivity contribution is 6.00. The van der Waals surface area contributed by atoms with E-state index in [9.17, 15) is 4.79 Å². The Balaban J connectivity index is 1.84. The van der Waals surface area contributed by atoms with Crippen LogP contribution in [0.4, 0.5) is 5.69 Å². The Kier molecular flexibility index (Phi) is 5.78. The number of para-hydroxylation sites is 1. The maximum absolute atomic E-state index is 12.3. The average Bonchev–Trinajstić information content (AvgIpc) is 2.54. The fourth-order valence-corrected chi connectivity index (χ4v) is 2.67. The van der Waals surface area contributed by atoms with Gasteiger partial charge in [0.25, 0.3) is 0 Å². The molecule has 1 aliphatic heterocycles. The van der Waals surface area contributed by atoms with Crippen LogP contribution >= 0.6 is 0 Å². The molecule has 0 aromatic heterocycles. The molecule has 1 heterocycles. The first-order valence-electron chi connectivity index (χ1n) is 7.81. The maximum atomic E-state index is 12.3. The quantitative estimate of drug-likeness (QED) is 0.665. The van der Waals surface area contributed by atoms with E-state index in [1.54, 1.807) is 0 Å². The van der Waals surface area contributed by atoms with Gasteiger partial charge in [0.05, 0.1) is 12.1 Å². The van der Waals surface area contributed by atoms with E-state index < -0.39 is 0 Å². The van der Waals surface area contributed by atoms with Gasteiger partial charge in [-0.3, -0.25) is 10.2 Å². The summed E-state index contributed by atoms with van der Waals surface area (Å²) in [7, 11) is 0. The summed E-state index contributed by atoms with van der Waals surface area (Å²) in [6, 6.07) is 9.78. The molecular weight excluding hydrogens is 262 g/mol. The van der Waals surface area contributed by atoms with Crippen molar-refractivity contribution in [3.05, 3.63) is 30.3 Å². The first-order valence-corrected chi connectivity index (χ1v) is 7.81. The van der Waals surface area contributed by atoms with Gasteiger partial charge >= 0.3 is 0 Å². The number of rotatable bonds is 5. The third-order valence-electron chi connectivity index (χ3n) is 4.01. The Morgan fingerprint density at radius 2 is 2.14 bits per heavy atom. The summed E-state index contributed by atoms with van der Waals surface area (Å²) in [5.41, 5.74) is 4.75. The molecule has 21 heavy (non-hydrogen) atoms. The Hall–Kier alpha value is -1.84. The first kappa shape index (κ1) is 15.5. The molecular formula is C17H25N3O. The van der Waals surface area contributed by atoms with Gasteiger partial charge in [-0.1, -0.05) is 31.5 Å². The van der Waals surface area contributed by atoms with Crippen LogP contribution in [-0.4, -0.2) is 29.6 Å². The molecule has 1 aromatic rings. The summed E-state index contributed by atoms with van der Waals surface area (Å²) < 4.78 is 0. The van der Waals surface area contributed by atoms with Gasteiger partial charge in [-0.15, -0.1) is 0 Å². The van der Waals surface area contributed by atoms with Crippen LogP contribution in [0.1, 0.15) is 39.5 Å². The Morgan fingerprint density at radius 3 is 2.86 bits per heavy atom. The number of carbonyl (C=O) groups is 1. The zero-order valence-electron chi connectivity index (χ0n) is 13.0. The van der Waals surface area contributed by atoms with E-state index in [1.807, 2.05) is 42.2 Å². The Bertz CT molecular complexity index is 484. The minimum Gasteiger partial charge on any atom is -0.342 e. The molecule has 1 unspecified atom stereocenters. The molecule has 1 N–H and O–H groups in total. The molecule has 4 nitrogen and oxygen atoms in total. The van der Waals surface area contributed by atoms with Crippen molar-refractivity contribution in [1.82, 2.24) is 4.90 Å². The minimum absolute atomic E-state index is 0.198. The van der Waals surface area contributed by atoms with Crippen LogP contribution in [0.3, 0.4) is 0 Å². The molecule has 1 saturated heterocycles. The third kappa shape index (κ3) is 4.88. The van der Waals surface area contributed by atoms with Gasteiger partial charge in [0.2, 0.25) is 5.91 Å². The SMILES string of the molecule is CCC1CCCN(C(=O)CC(C)=NNc2ccccc2)C1. The number of carbonyl (C=O) groups excluding carboxylic acids is 1. The molecule has 0 aliphatic carbocycles. The van der Waals surface area contributed by atoms with Crippen molar-refractivity contribution in [2.24, 2.45) is 11.0 Å². The monoisotopic (exact) mass is 287 g/mol. The molecule has 1 aliphatic rings. The molecule has 0 spiro atoms. The fraction of sp³-hybridized carbons (Fsp3) is 0.529. The molecule has 1 fully saturated rings. The van der Waals surface area contributed by atoms with Crippen molar-refractivity contribution >= 4 is 17.3 Å². The lowest BCUT2D eigenvalue weighted by Gasteiger charge is -2.32. The smallest absolute Gasteiger partial charge is 0.228 e. The largest absolute Gasteiger partial charge is 0.342 e. The highest BCUT2D eigenvalue weighted by Crippen LogP contribution is 2.19. The lowest BCUT2D eigenvalue weighted by molar-refractivity contribution is -0.131. The molecule has 0 radical (unpaired) electrons. The Labute approximate surface area is 127 Å². The van der Waals surface area contributed by atoms with Crippen LogP contribution in [-0.2, 0) is 4.79 Å². The van der Waals surface area contributed by atoms with E-state index in [1.165, 1.54) is 6.42 Å². The fourth-order valence-electron chi connectivity index (χ4n) is 2.67. The van der Waals surface area contributed by atoms with Gasteiger partial charge in [-0.2, -0.15) is 5.10 Å². The zero-order chi connectivity index (χ0) is 15.1. The standard InChI is InChI=1S/C17H25N3O/c1-3-15-8-7-11-20(13-15)17(21)12-14(2)18-19-16-9-5-4-6-10-16/h4-6,9-10,15,19H,3,7-8,11-13H2,1-2H3. The topological polar surface area (TPSA) is 44.7 Å². The van der Waals surface area contributed by atoms with Gasteiger partial charge < -0.3 is 4.90 Å². The molecule has 0 bridgehead atoms. The first-order chi connectivity index (χ1) is 10.2. The lowest BCUT2D eigenvalue weighted by Crippen LogP contribution is -2.40. The summed E-state index contributed by atoms with van der Waals surface area (Å²) in [5.74, 6) is 0.867. The predicted molar refractivity (Wildman–Crippen MR) is 87.4 cm³/mol. The second-order valence-electron chi connectivity index (χ2n) is 5.76. The van der Waals surface area contributed by atoms with Gasteiger partial charge in [0.15, 0.2) is 0 Å². The van der Waals surface area contributed by atoms with Crippen LogP contribution in [0.15, 0.2) is 35.4 Å². The van der Waals surface area contributed by atoms with E-state index in [2.05, 4.69) is 17.5 Å². The van der Waals surface area contributed by atoms with Gasteiger partial charge in [-0.05, 0) is 37.8 Å². The minimum atomic E-state index is 0.198. The normalized spacial score (nSPS) is 19.4. The van der Waals surface area contributed by atoms with Crippen LogP contribution in [0.2, 0.25) is 0 Å². The Morgan fingerprint density at radius 1 is 1.38 bits per heavy atom. The van der Waals surface area contributed by atoms with Crippen molar-refractivity contribution in [1.29, 1.82) is 0 Å². The molecule has 4 heteroatoms. The van der Waals surface area contributed by atoms with Gasteiger partial charge in [0.1, 0.15) is 0 Å². The van der Waals surface area contributed by atoms with Crippen LogP contribution in [0.5, 0.6) is 0 Å². The van der Waals surface area contributed by atoms with Crippen LogP contribution in [0, 0.1) is 5.92 Å².